The fourth-order valence-electron chi connectivity index (χ4n) is 2.07. The van der Waals surface area contributed by atoms with E-state index in [1.807, 2.05) is 4.90 Å². The van der Waals surface area contributed by atoms with E-state index in [1.54, 1.807) is 0 Å². The van der Waals surface area contributed by atoms with Crippen LogP contribution in [0.1, 0.15) is 12.8 Å². The molecule has 1 fully saturated rings. The largest absolute Gasteiger partial charge is 0.327 e. The Labute approximate surface area is 98.0 Å². The highest BCUT2D eigenvalue weighted by Gasteiger charge is 2.22. The monoisotopic (exact) mass is 223 g/mol. The molecule has 90 valence electrons. The molecule has 1 rings (SSSR count). The van der Waals surface area contributed by atoms with Crippen molar-refractivity contribution in [3.8, 4) is 12.3 Å². The van der Waals surface area contributed by atoms with E-state index in [1.165, 1.54) is 0 Å². The van der Waals surface area contributed by atoms with Crippen molar-refractivity contribution in [3.05, 3.63) is 0 Å². The summed E-state index contributed by atoms with van der Waals surface area (Å²) in [6.45, 7) is 3.11. The van der Waals surface area contributed by atoms with E-state index in [-0.39, 0.29) is 6.03 Å². The zero-order valence-electron chi connectivity index (χ0n) is 10.2. The summed E-state index contributed by atoms with van der Waals surface area (Å²) in [5.41, 5.74) is 0. The molecule has 0 saturated carbocycles. The second-order valence-corrected chi connectivity index (χ2v) is 4.56. The number of piperidine rings is 1. The van der Waals surface area contributed by atoms with Crippen LogP contribution < -0.4 is 5.32 Å². The highest BCUT2D eigenvalue weighted by molar-refractivity contribution is 5.74. The lowest BCUT2D eigenvalue weighted by Crippen LogP contribution is -2.45. The number of urea groups is 1. The number of amides is 2. The number of rotatable bonds is 3. The summed E-state index contributed by atoms with van der Waals surface area (Å²) in [5, 5.41) is 2.70. The molecule has 1 saturated heterocycles. The lowest BCUT2D eigenvalue weighted by atomic mass is 9.97. The molecule has 2 amide bonds. The topological polar surface area (TPSA) is 35.6 Å². The number of nitrogens with one attached hydrogen (secondary N) is 1. The number of nitrogens with zero attached hydrogens (tertiary/aromatic N) is 2. The Kier molecular flexibility index (Phi) is 5.13. The summed E-state index contributed by atoms with van der Waals surface area (Å²) in [5.74, 6) is 3.12. The number of hydrogen-bond acceptors (Lipinski definition) is 2. The molecule has 16 heavy (non-hydrogen) atoms. The number of terminal acetylenes is 1. The molecule has 1 heterocycles. The van der Waals surface area contributed by atoms with Gasteiger partial charge in [-0.1, -0.05) is 5.92 Å². The number of hydrogen-bond donors (Lipinski definition) is 1. The smallest absolute Gasteiger partial charge is 0.318 e. The van der Waals surface area contributed by atoms with E-state index < -0.39 is 0 Å². The molecular formula is C12H21N3O. The first-order valence-electron chi connectivity index (χ1n) is 5.74. The molecule has 0 atom stereocenters. The lowest BCUT2D eigenvalue weighted by Gasteiger charge is -2.33. The molecule has 1 N–H and O–H groups in total. The van der Waals surface area contributed by atoms with Gasteiger partial charge in [-0.05, 0) is 32.9 Å². The molecule has 0 bridgehead atoms. The molecule has 0 aromatic carbocycles. The van der Waals surface area contributed by atoms with Crippen molar-refractivity contribution in [1.82, 2.24) is 15.1 Å². The second kappa shape index (κ2) is 6.39. The van der Waals surface area contributed by atoms with Crippen molar-refractivity contribution in [3.63, 3.8) is 0 Å². The zero-order valence-corrected chi connectivity index (χ0v) is 10.2. The molecule has 0 spiro atoms. The van der Waals surface area contributed by atoms with Crippen LogP contribution in [0, 0.1) is 18.3 Å². The third-order valence-electron chi connectivity index (χ3n) is 2.87. The van der Waals surface area contributed by atoms with Gasteiger partial charge in [0.25, 0.3) is 0 Å². The molecule has 0 radical (unpaired) electrons. The summed E-state index contributed by atoms with van der Waals surface area (Å²) in [6, 6.07) is -0.0266. The fraction of sp³-hybridized carbons (Fsp3) is 0.750. The SMILES string of the molecule is C#CCNC(=O)N1CCC(CN(C)C)CC1. The average molecular weight is 223 g/mol. The van der Waals surface area contributed by atoms with Crippen LogP contribution in [0.4, 0.5) is 4.79 Å². The van der Waals surface area contributed by atoms with Crippen LogP contribution in [-0.4, -0.2) is 56.1 Å². The van der Waals surface area contributed by atoms with E-state index in [9.17, 15) is 4.79 Å². The fourth-order valence-corrected chi connectivity index (χ4v) is 2.07. The third-order valence-corrected chi connectivity index (χ3v) is 2.87. The van der Waals surface area contributed by atoms with Gasteiger partial charge in [0.15, 0.2) is 0 Å². The van der Waals surface area contributed by atoms with Gasteiger partial charge in [0.05, 0.1) is 6.54 Å². The van der Waals surface area contributed by atoms with Crippen molar-refractivity contribution in [2.75, 3.05) is 40.3 Å². The van der Waals surface area contributed by atoms with Crippen LogP contribution in [0.25, 0.3) is 0 Å². The van der Waals surface area contributed by atoms with Crippen LogP contribution >= 0.6 is 0 Å². The van der Waals surface area contributed by atoms with E-state index >= 15 is 0 Å². The van der Waals surface area contributed by atoms with E-state index in [2.05, 4.69) is 30.2 Å². The Morgan fingerprint density at radius 1 is 1.50 bits per heavy atom. The molecule has 1 aliphatic heterocycles. The Morgan fingerprint density at radius 3 is 2.62 bits per heavy atom. The average Bonchev–Trinajstić information content (AvgIpc) is 2.26. The second-order valence-electron chi connectivity index (χ2n) is 4.56. The van der Waals surface area contributed by atoms with Gasteiger partial charge in [-0.15, -0.1) is 6.42 Å². The normalized spacial score (nSPS) is 17.2. The summed E-state index contributed by atoms with van der Waals surface area (Å²) in [7, 11) is 4.18. The van der Waals surface area contributed by atoms with E-state index in [0.29, 0.717) is 12.5 Å². The molecule has 0 aliphatic carbocycles. The molecule has 0 aromatic heterocycles. The maximum Gasteiger partial charge on any atom is 0.318 e. The Bertz CT molecular complexity index is 262. The molecule has 0 unspecified atom stereocenters. The van der Waals surface area contributed by atoms with Gasteiger partial charge in [-0.2, -0.15) is 0 Å². The third kappa shape index (κ3) is 4.11. The molecule has 0 aromatic rings. The van der Waals surface area contributed by atoms with Gasteiger partial charge in [0.2, 0.25) is 0 Å². The molecule has 4 heteroatoms. The Hall–Kier alpha value is -1.21. The van der Waals surface area contributed by atoms with Gasteiger partial charge < -0.3 is 15.1 Å². The van der Waals surface area contributed by atoms with Crippen molar-refractivity contribution in [2.24, 2.45) is 5.92 Å². The van der Waals surface area contributed by atoms with Gasteiger partial charge in [0, 0.05) is 19.6 Å². The quantitative estimate of drug-likeness (QED) is 0.711. The van der Waals surface area contributed by atoms with Gasteiger partial charge >= 0.3 is 6.03 Å². The first-order valence-corrected chi connectivity index (χ1v) is 5.74. The predicted octanol–water partition coefficient (Wildman–Crippen LogP) is 0.603. The first-order chi connectivity index (χ1) is 7.63. The number of carbonyl (C=O) groups excluding carboxylic acids is 1. The van der Waals surface area contributed by atoms with Crippen molar-refractivity contribution >= 4 is 6.03 Å². The summed E-state index contributed by atoms with van der Waals surface area (Å²) >= 11 is 0. The molecule has 1 aliphatic rings. The van der Waals surface area contributed by atoms with E-state index in [0.717, 1.165) is 32.5 Å². The summed E-state index contributed by atoms with van der Waals surface area (Å²) in [6.07, 6.45) is 7.26. The van der Waals surface area contributed by atoms with E-state index in [4.69, 9.17) is 6.42 Å². The highest BCUT2D eigenvalue weighted by atomic mass is 16.2. The minimum absolute atomic E-state index is 0.0266. The number of likely N-dealkylation sites (tertiary alicyclic amines) is 1. The maximum absolute atomic E-state index is 11.6. The summed E-state index contributed by atoms with van der Waals surface area (Å²) < 4.78 is 0. The zero-order chi connectivity index (χ0) is 12.0. The maximum atomic E-state index is 11.6. The van der Waals surface area contributed by atoms with Crippen LogP contribution in [0.3, 0.4) is 0 Å². The van der Waals surface area contributed by atoms with Crippen molar-refractivity contribution in [1.29, 1.82) is 0 Å². The minimum atomic E-state index is -0.0266. The Balaban J connectivity index is 2.26. The van der Waals surface area contributed by atoms with Gasteiger partial charge in [-0.25, -0.2) is 4.79 Å². The summed E-state index contributed by atoms with van der Waals surface area (Å²) in [4.78, 5) is 15.7. The highest BCUT2D eigenvalue weighted by Crippen LogP contribution is 2.17. The van der Waals surface area contributed by atoms with Gasteiger partial charge in [-0.3, -0.25) is 0 Å². The van der Waals surface area contributed by atoms with Crippen molar-refractivity contribution in [2.45, 2.75) is 12.8 Å². The molecule has 4 nitrogen and oxygen atoms in total. The van der Waals surface area contributed by atoms with Crippen molar-refractivity contribution < 1.29 is 4.79 Å². The van der Waals surface area contributed by atoms with Crippen LogP contribution in [0.2, 0.25) is 0 Å². The van der Waals surface area contributed by atoms with Crippen LogP contribution in [0.5, 0.6) is 0 Å². The standard InChI is InChI=1S/C12H21N3O/c1-4-7-13-12(16)15-8-5-11(6-9-15)10-14(2)3/h1,11H,5-10H2,2-3H3,(H,13,16). The first kappa shape index (κ1) is 12.9. The van der Waals surface area contributed by atoms with Crippen LogP contribution in [-0.2, 0) is 0 Å². The van der Waals surface area contributed by atoms with Crippen LogP contribution in [0.15, 0.2) is 0 Å². The lowest BCUT2D eigenvalue weighted by molar-refractivity contribution is 0.160. The Morgan fingerprint density at radius 2 is 2.12 bits per heavy atom. The predicted molar refractivity (Wildman–Crippen MR) is 65.1 cm³/mol. The van der Waals surface area contributed by atoms with Gasteiger partial charge in [0.1, 0.15) is 0 Å². The molecular weight excluding hydrogens is 202 g/mol. The number of carbonyl (C=O) groups is 1. The minimum Gasteiger partial charge on any atom is -0.327 e.